The first-order chi connectivity index (χ1) is 8.01. The maximum Gasteiger partial charge on any atom is 0.323 e. The highest BCUT2D eigenvalue weighted by molar-refractivity contribution is 7.99. The average molecular weight is 261 g/mol. The zero-order valence-corrected chi connectivity index (χ0v) is 10.5. The molecule has 1 rings (SSSR count). The minimum absolute atomic E-state index is 0.00913. The number of aliphatic hydroxyl groups is 2. The van der Waals surface area contributed by atoms with Gasteiger partial charge in [0.05, 0.1) is 17.6 Å². The summed E-state index contributed by atoms with van der Waals surface area (Å²) in [6, 6.07) is 0. The molecular formula is C9H15N3O4S. The lowest BCUT2D eigenvalue weighted by Crippen LogP contribution is -2.15. The summed E-state index contributed by atoms with van der Waals surface area (Å²) in [4.78, 5) is 10.5. The highest BCUT2D eigenvalue weighted by Crippen LogP contribution is 2.32. The van der Waals surface area contributed by atoms with Crippen LogP contribution in [0.15, 0.2) is 5.03 Å². The summed E-state index contributed by atoms with van der Waals surface area (Å²) in [6.07, 6.45) is -0.410. The van der Waals surface area contributed by atoms with Crippen molar-refractivity contribution in [2.24, 2.45) is 7.05 Å². The highest BCUT2D eigenvalue weighted by Gasteiger charge is 2.26. The van der Waals surface area contributed by atoms with Crippen molar-refractivity contribution in [3.8, 4) is 0 Å². The molecule has 1 aromatic heterocycles. The average Bonchev–Trinajstić information content (AvgIpc) is 2.62. The number of aliphatic hydroxyl groups excluding tert-OH is 2. The summed E-state index contributed by atoms with van der Waals surface area (Å²) in [7, 11) is 1.62. The molecule has 1 atom stereocenters. The Morgan fingerprint density at radius 3 is 2.76 bits per heavy atom. The second-order valence-corrected chi connectivity index (χ2v) is 4.49. The van der Waals surface area contributed by atoms with E-state index in [9.17, 15) is 15.2 Å². The Hall–Kier alpha value is -1.12. The molecule has 0 aliphatic heterocycles. The van der Waals surface area contributed by atoms with Gasteiger partial charge < -0.3 is 10.2 Å². The molecule has 0 bridgehead atoms. The third-order valence-corrected chi connectivity index (χ3v) is 3.46. The van der Waals surface area contributed by atoms with Crippen LogP contribution in [-0.2, 0) is 13.5 Å². The first-order valence-corrected chi connectivity index (χ1v) is 6.11. The molecule has 1 unspecified atom stereocenters. The lowest BCUT2D eigenvalue weighted by molar-refractivity contribution is -0.388. The van der Waals surface area contributed by atoms with Crippen LogP contribution in [0.2, 0.25) is 0 Å². The molecular weight excluding hydrogens is 246 g/mol. The van der Waals surface area contributed by atoms with Crippen LogP contribution in [0.3, 0.4) is 0 Å². The van der Waals surface area contributed by atoms with Gasteiger partial charge in [0.1, 0.15) is 5.69 Å². The Bertz CT molecular complexity index is 407. The zero-order valence-electron chi connectivity index (χ0n) is 9.66. The smallest absolute Gasteiger partial charge is 0.323 e. The topological polar surface area (TPSA) is 101 Å². The predicted octanol–water partition coefficient (Wildman–Crippen LogP) is 0.336. The van der Waals surface area contributed by atoms with Crippen molar-refractivity contribution in [2.75, 3.05) is 12.4 Å². The molecule has 0 saturated carbocycles. The quantitative estimate of drug-likeness (QED) is 0.435. The van der Waals surface area contributed by atoms with Crippen molar-refractivity contribution in [3.63, 3.8) is 0 Å². The van der Waals surface area contributed by atoms with E-state index in [1.807, 2.05) is 0 Å². The number of hydrogen-bond acceptors (Lipinski definition) is 6. The van der Waals surface area contributed by atoms with Gasteiger partial charge in [-0.2, -0.15) is 5.10 Å². The van der Waals surface area contributed by atoms with Gasteiger partial charge in [0.2, 0.25) is 0 Å². The molecule has 17 heavy (non-hydrogen) atoms. The van der Waals surface area contributed by atoms with Gasteiger partial charge in [0, 0.05) is 12.8 Å². The predicted molar refractivity (Wildman–Crippen MR) is 63.1 cm³/mol. The number of hydrogen-bond donors (Lipinski definition) is 2. The van der Waals surface area contributed by atoms with Gasteiger partial charge in [-0.25, -0.2) is 0 Å². The number of nitrogens with zero attached hydrogens (tertiary/aromatic N) is 3. The van der Waals surface area contributed by atoms with E-state index in [1.165, 1.54) is 4.68 Å². The fraction of sp³-hybridized carbons (Fsp3) is 0.667. The molecule has 1 aromatic rings. The third kappa shape index (κ3) is 3.18. The molecule has 0 aliphatic rings. The SMILES string of the molecule is CCc1nn(C)c(SCC(O)CO)c1[N+](=O)[O-]. The molecule has 0 aliphatic carbocycles. The van der Waals surface area contributed by atoms with Crippen molar-refractivity contribution in [1.29, 1.82) is 0 Å². The molecule has 0 saturated heterocycles. The van der Waals surface area contributed by atoms with E-state index in [1.54, 1.807) is 14.0 Å². The summed E-state index contributed by atoms with van der Waals surface area (Å²) in [5.41, 5.74) is 0.420. The molecule has 0 aromatic carbocycles. The van der Waals surface area contributed by atoms with Gasteiger partial charge in [-0.1, -0.05) is 18.7 Å². The lowest BCUT2D eigenvalue weighted by atomic mass is 10.3. The van der Waals surface area contributed by atoms with Crippen LogP contribution in [0, 0.1) is 10.1 Å². The van der Waals surface area contributed by atoms with Crippen molar-refractivity contribution in [2.45, 2.75) is 24.5 Å². The fourth-order valence-electron chi connectivity index (χ4n) is 1.36. The lowest BCUT2D eigenvalue weighted by Gasteiger charge is -2.05. The summed E-state index contributed by atoms with van der Waals surface area (Å²) in [5.74, 6) is 0.194. The highest BCUT2D eigenvalue weighted by atomic mass is 32.2. The van der Waals surface area contributed by atoms with Crippen molar-refractivity contribution >= 4 is 17.4 Å². The van der Waals surface area contributed by atoms with Crippen LogP contribution >= 0.6 is 11.8 Å². The second-order valence-electron chi connectivity index (χ2n) is 3.48. The molecule has 1 heterocycles. The van der Waals surface area contributed by atoms with Crippen LogP contribution < -0.4 is 0 Å². The summed E-state index contributed by atoms with van der Waals surface area (Å²) in [6.45, 7) is 1.44. The van der Waals surface area contributed by atoms with Crippen LogP contribution in [0.1, 0.15) is 12.6 Å². The van der Waals surface area contributed by atoms with E-state index in [0.717, 1.165) is 11.8 Å². The van der Waals surface area contributed by atoms with Crippen LogP contribution in [0.5, 0.6) is 0 Å². The zero-order chi connectivity index (χ0) is 13.0. The molecule has 0 fully saturated rings. The van der Waals surface area contributed by atoms with Crippen molar-refractivity contribution in [1.82, 2.24) is 9.78 Å². The van der Waals surface area contributed by atoms with E-state index in [-0.39, 0.29) is 18.0 Å². The Balaban J connectivity index is 2.97. The third-order valence-electron chi connectivity index (χ3n) is 2.18. The molecule has 0 spiro atoms. The Kier molecular flexibility index (Phi) is 4.91. The number of nitro groups is 1. The summed E-state index contributed by atoms with van der Waals surface area (Å²) < 4.78 is 1.44. The molecule has 0 radical (unpaired) electrons. The van der Waals surface area contributed by atoms with Gasteiger partial charge >= 0.3 is 5.69 Å². The van der Waals surface area contributed by atoms with Gasteiger partial charge in [-0.3, -0.25) is 14.8 Å². The van der Waals surface area contributed by atoms with E-state index in [0.29, 0.717) is 17.1 Å². The minimum Gasteiger partial charge on any atom is -0.394 e. The standard InChI is InChI=1S/C9H15N3O4S/c1-3-7-8(12(15)16)9(11(2)10-7)17-5-6(14)4-13/h6,13-14H,3-5H2,1-2H3. The Morgan fingerprint density at radius 1 is 1.65 bits per heavy atom. The molecule has 2 N–H and O–H groups in total. The van der Waals surface area contributed by atoms with Gasteiger partial charge in [0.25, 0.3) is 0 Å². The van der Waals surface area contributed by atoms with Crippen molar-refractivity contribution in [3.05, 3.63) is 15.8 Å². The van der Waals surface area contributed by atoms with Gasteiger partial charge in [-0.05, 0) is 6.42 Å². The molecule has 0 amide bonds. The summed E-state index contributed by atoms with van der Waals surface area (Å²) in [5, 5.41) is 33.3. The number of rotatable bonds is 6. The number of aromatic nitrogens is 2. The Morgan fingerprint density at radius 2 is 2.29 bits per heavy atom. The van der Waals surface area contributed by atoms with E-state index < -0.39 is 11.0 Å². The second kappa shape index (κ2) is 5.99. The van der Waals surface area contributed by atoms with E-state index >= 15 is 0 Å². The monoisotopic (exact) mass is 261 g/mol. The first kappa shape index (κ1) is 13.9. The molecule has 96 valence electrons. The van der Waals surface area contributed by atoms with E-state index in [2.05, 4.69) is 5.10 Å². The number of thioether (sulfide) groups is 1. The Labute approximate surface area is 103 Å². The largest absolute Gasteiger partial charge is 0.394 e. The van der Waals surface area contributed by atoms with Crippen molar-refractivity contribution < 1.29 is 15.1 Å². The van der Waals surface area contributed by atoms with Crippen LogP contribution in [0.25, 0.3) is 0 Å². The molecule has 7 nitrogen and oxygen atoms in total. The maximum atomic E-state index is 11.0. The van der Waals surface area contributed by atoms with Crippen LogP contribution in [-0.4, -0.2) is 43.4 Å². The van der Waals surface area contributed by atoms with Crippen LogP contribution in [0.4, 0.5) is 5.69 Å². The maximum absolute atomic E-state index is 11.0. The first-order valence-electron chi connectivity index (χ1n) is 5.13. The van der Waals surface area contributed by atoms with Gasteiger partial charge in [-0.15, -0.1) is 0 Å². The fourth-order valence-corrected chi connectivity index (χ4v) is 2.37. The minimum atomic E-state index is -0.889. The van der Waals surface area contributed by atoms with Gasteiger partial charge in [0.15, 0.2) is 5.03 Å². The molecule has 8 heteroatoms. The normalized spacial score (nSPS) is 12.7. The number of aryl methyl sites for hydroxylation is 2. The summed E-state index contributed by atoms with van der Waals surface area (Å²) >= 11 is 1.12. The van der Waals surface area contributed by atoms with E-state index in [4.69, 9.17) is 5.11 Å².